The molecule has 1 spiro atoms. The first-order valence-corrected chi connectivity index (χ1v) is 8.97. The highest BCUT2D eigenvalue weighted by atomic mass is 19.1. The number of amides is 1. The molecule has 1 fully saturated rings. The molecule has 28 heavy (non-hydrogen) atoms. The van der Waals surface area contributed by atoms with Gasteiger partial charge < -0.3 is 0 Å². The van der Waals surface area contributed by atoms with Crippen molar-refractivity contribution in [3.63, 3.8) is 0 Å². The third-order valence-corrected chi connectivity index (χ3v) is 5.24. The molecule has 1 aliphatic heterocycles. The van der Waals surface area contributed by atoms with Crippen LogP contribution in [0.3, 0.4) is 0 Å². The molecule has 4 nitrogen and oxygen atoms in total. The molecule has 1 aromatic heterocycles. The van der Waals surface area contributed by atoms with Crippen LogP contribution >= 0.6 is 0 Å². The minimum absolute atomic E-state index is 0.204. The predicted molar refractivity (Wildman–Crippen MR) is 100 cm³/mol. The summed E-state index contributed by atoms with van der Waals surface area (Å²) in [6.45, 7) is 1.84. The van der Waals surface area contributed by atoms with Gasteiger partial charge in [0.05, 0.1) is 6.20 Å². The number of anilines is 2. The van der Waals surface area contributed by atoms with Crippen molar-refractivity contribution >= 4 is 17.5 Å². The van der Waals surface area contributed by atoms with Gasteiger partial charge in [0.15, 0.2) is 11.6 Å². The van der Waals surface area contributed by atoms with Gasteiger partial charge in [-0.25, -0.2) is 18.7 Å². The van der Waals surface area contributed by atoms with E-state index in [1.807, 2.05) is 37.3 Å². The summed E-state index contributed by atoms with van der Waals surface area (Å²) >= 11 is 0. The highest BCUT2D eigenvalue weighted by molar-refractivity contribution is 6.09. The monoisotopic (exact) mass is 375 g/mol. The standard InChI is InChI=1S/C22H15F2N3O/c1-14-13-25-21-26(20(28)22(9-10-22)27(14)21)19-17(23)11-16(12-18(19)24)8-7-15-5-3-2-4-6-15/h2-6,11-13H,9-10H2,1H3. The number of carbonyl (C=O) groups is 1. The van der Waals surface area contributed by atoms with Crippen LogP contribution in [0.15, 0.2) is 48.7 Å². The van der Waals surface area contributed by atoms with Crippen LogP contribution in [0.4, 0.5) is 20.4 Å². The van der Waals surface area contributed by atoms with Crippen LogP contribution < -0.4 is 4.90 Å². The molecule has 2 aromatic carbocycles. The second-order valence-electron chi connectivity index (χ2n) is 7.11. The van der Waals surface area contributed by atoms with E-state index in [0.717, 1.165) is 28.3 Å². The van der Waals surface area contributed by atoms with Crippen LogP contribution in [0, 0.1) is 30.4 Å². The molecule has 0 unspecified atom stereocenters. The molecule has 1 amide bonds. The quantitative estimate of drug-likeness (QED) is 0.602. The lowest BCUT2D eigenvalue weighted by molar-refractivity contribution is -0.120. The first-order chi connectivity index (χ1) is 13.5. The number of benzene rings is 2. The molecule has 0 bridgehead atoms. The van der Waals surface area contributed by atoms with Crippen molar-refractivity contribution in [2.75, 3.05) is 4.90 Å². The Kier molecular flexibility index (Phi) is 3.44. The fourth-order valence-corrected chi connectivity index (χ4v) is 3.78. The van der Waals surface area contributed by atoms with Crippen LogP contribution in [0.2, 0.25) is 0 Å². The molecule has 0 N–H and O–H groups in total. The van der Waals surface area contributed by atoms with E-state index in [1.165, 1.54) is 0 Å². The van der Waals surface area contributed by atoms with E-state index in [0.29, 0.717) is 12.8 Å². The van der Waals surface area contributed by atoms with Crippen LogP contribution in [-0.4, -0.2) is 15.5 Å². The highest BCUT2D eigenvalue weighted by Crippen LogP contribution is 2.54. The second-order valence-corrected chi connectivity index (χ2v) is 7.11. The molecule has 1 aliphatic carbocycles. The van der Waals surface area contributed by atoms with Crippen molar-refractivity contribution in [1.29, 1.82) is 0 Å². The lowest BCUT2D eigenvalue weighted by Crippen LogP contribution is -2.31. The number of hydrogen-bond donors (Lipinski definition) is 0. The number of halogens is 2. The molecule has 0 saturated heterocycles. The summed E-state index contributed by atoms with van der Waals surface area (Å²) in [5.41, 5.74) is 0.617. The smallest absolute Gasteiger partial charge is 0.260 e. The Bertz CT molecular complexity index is 1160. The van der Waals surface area contributed by atoms with Gasteiger partial charge in [-0.15, -0.1) is 0 Å². The third kappa shape index (κ3) is 2.29. The summed E-state index contributed by atoms with van der Waals surface area (Å²) in [5.74, 6) is 3.90. The number of aromatic nitrogens is 2. The van der Waals surface area contributed by atoms with Crippen molar-refractivity contribution < 1.29 is 13.6 Å². The topological polar surface area (TPSA) is 38.1 Å². The lowest BCUT2D eigenvalue weighted by Gasteiger charge is -2.17. The summed E-state index contributed by atoms with van der Waals surface area (Å²) in [6.07, 6.45) is 2.91. The Labute approximate surface area is 160 Å². The largest absolute Gasteiger partial charge is 0.299 e. The third-order valence-electron chi connectivity index (χ3n) is 5.24. The average molecular weight is 375 g/mol. The van der Waals surface area contributed by atoms with Gasteiger partial charge in [-0.05, 0) is 44.0 Å². The summed E-state index contributed by atoms with van der Waals surface area (Å²) in [4.78, 5) is 18.3. The van der Waals surface area contributed by atoms with Crippen molar-refractivity contribution in [2.24, 2.45) is 0 Å². The average Bonchev–Trinajstić information content (AvgIpc) is 3.34. The fourth-order valence-electron chi connectivity index (χ4n) is 3.78. The number of imidazole rings is 1. The Morgan fingerprint density at radius 2 is 1.68 bits per heavy atom. The van der Waals surface area contributed by atoms with Gasteiger partial charge in [0.25, 0.3) is 5.91 Å². The Hall–Kier alpha value is -3.46. The molecule has 0 atom stereocenters. The summed E-state index contributed by atoms with van der Waals surface area (Å²) < 4.78 is 31.6. The van der Waals surface area contributed by atoms with E-state index in [-0.39, 0.29) is 17.4 Å². The number of aryl methyl sites for hydroxylation is 1. The van der Waals surface area contributed by atoms with Gasteiger partial charge in [-0.1, -0.05) is 30.0 Å². The molecule has 0 radical (unpaired) electrons. The van der Waals surface area contributed by atoms with E-state index in [9.17, 15) is 13.6 Å². The molecule has 138 valence electrons. The van der Waals surface area contributed by atoms with E-state index in [1.54, 1.807) is 10.8 Å². The van der Waals surface area contributed by atoms with Crippen molar-refractivity contribution in [1.82, 2.24) is 9.55 Å². The van der Waals surface area contributed by atoms with Crippen LogP contribution in [0.5, 0.6) is 0 Å². The Morgan fingerprint density at radius 1 is 1.04 bits per heavy atom. The Balaban J connectivity index is 1.57. The molecule has 2 heterocycles. The second kappa shape index (κ2) is 5.77. The molecule has 2 aliphatic rings. The zero-order chi connectivity index (χ0) is 19.5. The summed E-state index contributed by atoms with van der Waals surface area (Å²) in [6, 6.07) is 11.5. The van der Waals surface area contributed by atoms with E-state index >= 15 is 0 Å². The lowest BCUT2D eigenvalue weighted by atomic mass is 10.1. The number of nitrogens with zero attached hydrogens (tertiary/aromatic N) is 3. The normalized spacial score (nSPS) is 16.1. The van der Waals surface area contributed by atoms with Crippen LogP contribution in [0.25, 0.3) is 0 Å². The van der Waals surface area contributed by atoms with Gasteiger partial charge in [0.1, 0.15) is 11.2 Å². The first kappa shape index (κ1) is 16.7. The van der Waals surface area contributed by atoms with E-state index in [4.69, 9.17) is 0 Å². The molecular formula is C22H15F2N3O. The minimum atomic E-state index is -0.837. The number of fused-ring (bicyclic) bond motifs is 2. The van der Waals surface area contributed by atoms with E-state index < -0.39 is 22.9 Å². The van der Waals surface area contributed by atoms with Crippen molar-refractivity contribution in [3.05, 3.63) is 77.1 Å². The summed E-state index contributed by atoms with van der Waals surface area (Å²) in [5, 5.41) is 0. The zero-order valence-electron chi connectivity index (χ0n) is 15.0. The highest BCUT2D eigenvalue weighted by Gasteiger charge is 2.61. The van der Waals surface area contributed by atoms with Crippen molar-refractivity contribution in [3.8, 4) is 11.8 Å². The zero-order valence-corrected chi connectivity index (χ0v) is 15.0. The van der Waals surface area contributed by atoms with Crippen molar-refractivity contribution in [2.45, 2.75) is 25.3 Å². The maximum Gasteiger partial charge on any atom is 0.260 e. The van der Waals surface area contributed by atoms with E-state index in [2.05, 4.69) is 16.8 Å². The maximum atomic E-state index is 14.9. The number of rotatable bonds is 1. The summed E-state index contributed by atoms with van der Waals surface area (Å²) in [7, 11) is 0. The van der Waals surface area contributed by atoms with Crippen LogP contribution in [-0.2, 0) is 10.3 Å². The fraction of sp³-hybridized carbons (Fsp3) is 0.182. The molecule has 3 aromatic rings. The van der Waals surface area contributed by atoms with Gasteiger partial charge in [0.2, 0.25) is 5.95 Å². The van der Waals surface area contributed by atoms with Gasteiger partial charge >= 0.3 is 0 Å². The molecular weight excluding hydrogens is 360 g/mol. The SMILES string of the molecule is Cc1cnc2n1C1(CC1)C(=O)N2c1c(F)cc(C#Cc2ccccc2)cc1F. The maximum absolute atomic E-state index is 14.9. The molecule has 1 saturated carbocycles. The number of hydrogen-bond acceptors (Lipinski definition) is 2. The number of carbonyl (C=O) groups excluding carboxylic acids is 1. The van der Waals surface area contributed by atoms with Gasteiger partial charge in [-0.2, -0.15) is 0 Å². The molecule has 6 heteroatoms. The Morgan fingerprint density at radius 3 is 2.32 bits per heavy atom. The van der Waals surface area contributed by atoms with Crippen LogP contribution in [0.1, 0.15) is 29.7 Å². The minimum Gasteiger partial charge on any atom is -0.299 e. The van der Waals surface area contributed by atoms with Gasteiger partial charge in [0, 0.05) is 16.8 Å². The van der Waals surface area contributed by atoms with Gasteiger partial charge in [-0.3, -0.25) is 9.36 Å². The first-order valence-electron chi connectivity index (χ1n) is 8.97. The molecule has 5 rings (SSSR count). The predicted octanol–water partition coefficient (Wildman–Crippen LogP) is 4.04.